The summed E-state index contributed by atoms with van der Waals surface area (Å²) in [7, 11) is 0. The third-order valence-electron chi connectivity index (χ3n) is 10.2. The Bertz CT molecular complexity index is 1100. The molecule has 0 aliphatic heterocycles. The van der Waals surface area contributed by atoms with E-state index in [2.05, 4.69) is 9.47 Å². The van der Waals surface area contributed by atoms with Crippen molar-refractivity contribution >= 4 is 11.9 Å². The van der Waals surface area contributed by atoms with E-state index in [4.69, 9.17) is 4.74 Å². The number of esters is 2. The number of hydrogen-bond acceptors (Lipinski definition) is 6. The van der Waals surface area contributed by atoms with Crippen LogP contribution in [0.4, 0.5) is 52.7 Å². The van der Waals surface area contributed by atoms with Gasteiger partial charge in [0.2, 0.25) is 0 Å². The summed E-state index contributed by atoms with van der Waals surface area (Å²) in [6, 6.07) is 0. The van der Waals surface area contributed by atoms with Crippen LogP contribution in [0.5, 0.6) is 0 Å². The molecule has 0 amide bonds. The highest BCUT2D eigenvalue weighted by Gasteiger charge is 2.73. The molecule has 2 aliphatic carbocycles. The first-order valence-corrected chi connectivity index (χ1v) is 15.5. The van der Waals surface area contributed by atoms with E-state index in [-0.39, 0.29) is 24.7 Å². The quantitative estimate of drug-likeness (QED) is 0.143. The van der Waals surface area contributed by atoms with Gasteiger partial charge in [0.15, 0.2) is 0 Å². The minimum Gasteiger partial charge on any atom is -0.462 e. The highest BCUT2D eigenvalue weighted by molar-refractivity contribution is 5.77. The van der Waals surface area contributed by atoms with Crippen molar-refractivity contribution in [2.24, 2.45) is 28.6 Å². The van der Waals surface area contributed by atoms with Crippen LogP contribution in [0, 0.1) is 28.6 Å². The molecular formula is C30H42F12O6. The molecule has 2 bridgehead atoms. The van der Waals surface area contributed by atoms with Crippen LogP contribution in [0.3, 0.4) is 0 Å². The number of aliphatic hydroxyl groups is 1. The van der Waals surface area contributed by atoms with E-state index in [1.807, 2.05) is 0 Å². The summed E-state index contributed by atoms with van der Waals surface area (Å²) >= 11 is 0. The highest BCUT2D eigenvalue weighted by atomic mass is 19.4. The Kier molecular flexibility index (Phi) is 12.3. The Hall–Kier alpha value is -1.98. The van der Waals surface area contributed by atoms with Crippen molar-refractivity contribution in [3.63, 3.8) is 0 Å². The van der Waals surface area contributed by atoms with Crippen LogP contribution in [-0.2, 0) is 23.8 Å². The van der Waals surface area contributed by atoms with Crippen molar-refractivity contribution in [1.29, 1.82) is 0 Å². The van der Waals surface area contributed by atoms with Gasteiger partial charge in [0.05, 0.1) is 17.4 Å². The van der Waals surface area contributed by atoms with E-state index in [0.717, 1.165) is 13.8 Å². The van der Waals surface area contributed by atoms with Gasteiger partial charge in [0.25, 0.3) is 11.2 Å². The summed E-state index contributed by atoms with van der Waals surface area (Å²) in [4.78, 5) is 25.3. The summed E-state index contributed by atoms with van der Waals surface area (Å²) < 4.78 is 179. The van der Waals surface area contributed by atoms with E-state index < -0.39 is 109 Å². The number of carbonyl (C=O) groups is 2. The first kappa shape index (κ1) is 42.2. The van der Waals surface area contributed by atoms with Crippen molar-refractivity contribution in [2.45, 2.75) is 141 Å². The van der Waals surface area contributed by atoms with Crippen LogP contribution in [0.2, 0.25) is 0 Å². The van der Waals surface area contributed by atoms with Gasteiger partial charge in [-0.05, 0) is 90.4 Å². The topological polar surface area (TPSA) is 82.1 Å². The Balaban J connectivity index is 2.21. The van der Waals surface area contributed by atoms with Crippen LogP contribution in [-0.4, -0.2) is 71.8 Å². The molecule has 0 heterocycles. The number of carbonyl (C=O) groups excluding carboxylic acids is 2. The lowest BCUT2D eigenvalue weighted by Gasteiger charge is -2.41. The van der Waals surface area contributed by atoms with Crippen LogP contribution in [0.25, 0.3) is 0 Å². The SMILES string of the molecule is CCC(C)(C)C(=O)OC1CC2CC1CC2CCC(OCC(C)(CC)C(=O)OC(C)CC(O)(C(F)(F)F)C(F)(F)F)(C(F)(F)F)C(F)(F)F. The lowest BCUT2D eigenvalue weighted by molar-refractivity contribution is -0.387. The molecule has 2 rings (SSSR count). The molecule has 0 radical (unpaired) electrons. The summed E-state index contributed by atoms with van der Waals surface area (Å²) in [5, 5.41) is 9.36. The van der Waals surface area contributed by atoms with Gasteiger partial charge in [-0.3, -0.25) is 9.59 Å². The average molecular weight is 727 g/mol. The fourth-order valence-electron chi connectivity index (χ4n) is 6.11. The van der Waals surface area contributed by atoms with Crippen LogP contribution >= 0.6 is 0 Å². The Morgan fingerprint density at radius 3 is 1.67 bits per heavy atom. The molecule has 6 atom stereocenters. The minimum atomic E-state index is -6.27. The zero-order chi connectivity index (χ0) is 37.5. The summed E-state index contributed by atoms with van der Waals surface area (Å²) in [6.45, 7) is 5.99. The maximum Gasteiger partial charge on any atom is 0.426 e. The minimum absolute atomic E-state index is 0.208. The van der Waals surface area contributed by atoms with Crippen molar-refractivity contribution in [1.82, 2.24) is 0 Å². The molecule has 2 saturated carbocycles. The fourth-order valence-corrected chi connectivity index (χ4v) is 6.11. The number of halogens is 12. The maximum absolute atomic E-state index is 14.3. The number of rotatable bonds is 14. The van der Waals surface area contributed by atoms with Gasteiger partial charge in [0.1, 0.15) is 12.2 Å². The Morgan fingerprint density at radius 1 is 0.750 bits per heavy atom. The monoisotopic (exact) mass is 726 g/mol. The molecule has 282 valence electrons. The summed E-state index contributed by atoms with van der Waals surface area (Å²) in [5.41, 5.74) is -13.3. The van der Waals surface area contributed by atoms with Crippen molar-refractivity contribution in [3.05, 3.63) is 0 Å². The number of fused-ring (bicyclic) bond motifs is 2. The third-order valence-corrected chi connectivity index (χ3v) is 10.2. The van der Waals surface area contributed by atoms with Crippen molar-refractivity contribution in [3.8, 4) is 0 Å². The second kappa shape index (κ2) is 14.0. The Morgan fingerprint density at radius 2 is 1.27 bits per heavy atom. The zero-order valence-corrected chi connectivity index (χ0v) is 27.3. The lowest BCUT2D eigenvalue weighted by Crippen LogP contribution is -2.60. The van der Waals surface area contributed by atoms with E-state index in [0.29, 0.717) is 19.8 Å². The van der Waals surface area contributed by atoms with Gasteiger partial charge >= 0.3 is 36.6 Å². The van der Waals surface area contributed by atoms with Crippen LogP contribution < -0.4 is 0 Å². The van der Waals surface area contributed by atoms with Gasteiger partial charge in [-0.1, -0.05) is 13.8 Å². The highest BCUT2D eigenvalue weighted by Crippen LogP contribution is 2.55. The average Bonchev–Trinajstić information content (AvgIpc) is 3.50. The van der Waals surface area contributed by atoms with Gasteiger partial charge in [-0.15, -0.1) is 0 Å². The molecule has 0 aromatic carbocycles. The van der Waals surface area contributed by atoms with E-state index >= 15 is 0 Å². The summed E-state index contributed by atoms with van der Waals surface area (Å²) in [5.74, 6) is -3.36. The number of alkyl halides is 12. The van der Waals surface area contributed by atoms with Crippen molar-refractivity contribution < 1.29 is 81.6 Å². The molecule has 2 aliphatic rings. The molecule has 18 heteroatoms. The number of ether oxygens (including phenoxy) is 3. The molecule has 2 fully saturated rings. The number of hydrogen-bond donors (Lipinski definition) is 1. The lowest BCUT2D eigenvalue weighted by atomic mass is 9.80. The maximum atomic E-state index is 14.3. The molecule has 0 aromatic heterocycles. The zero-order valence-electron chi connectivity index (χ0n) is 27.3. The molecule has 6 unspecified atom stereocenters. The van der Waals surface area contributed by atoms with Gasteiger partial charge in [0, 0.05) is 6.42 Å². The first-order chi connectivity index (χ1) is 21.4. The van der Waals surface area contributed by atoms with Gasteiger partial charge in [-0.25, -0.2) is 0 Å². The predicted octanol–water partition coefficient (Wildman–Crippen LogP) is 8.63. The van der Waals surface area contributed by atoms with Gasteiger partial charge in [-0.2, -0.15) is 52.7 Å². The van der Waals surface area contributed by atoms with E-state index in [9.17, 15) is 67.4 Å². The van der Waals surface area contributed by atoms with Crippen molar-refractivity contribution in [2.75, 3.05) is 6.61 Å². The second-order valence-electron chi connectivity index (χ2n) is 14.0. The molecule has 0 aromatic rings. The first-order valence-electron chi connectivity index (χ1n) is 15.5. The predicted molar refractivity (Wildman–Crippen MR) is 144 cm³/mol. The molecule has 48 heavy (non-hydrogen) atoms. The smallest absolute Gasteiger partial charge is 0.426 e. The van der Waals surface area contributed by atoms with Crippen LogP contribution in [0.1, 0.15) is 92.9 Å². The van der Waals surface area contributed by atoms with Gasteiger partial charge < -0.3 is 19.3 Å². The van der Waals surface area contributed by atoms with Crippen LogP contribution in [0.15, 0.2) is 0 Å². The normalized spacial score (nSPS) is 24.7. The molecular weight excluding hydrogens is 684 g/mol. The van der Waals surface area contributed by atoms with E-state index in [1.54, 1.807) is 20.8 Å². The summed E-state index contributed by atoms with van der Waals surface area (Å²) in [6.07, 6.45) is -31.1. The standard InChI is InChI=1S/C30H42F12O6/c1-7-23(4,5)21(43)48-20-13-18-12-19(20)11-17(18)9-10-26(29(37,38)39,30(40,41)42)46-15-24(6,8-2)22(44)47-16(3)14-25(45,27(31,32)33)28(34,35)36/h16-20,45H,7-15H2,1-6H3. The van der Waals surface area contributed by atoms with E-state index in [1.165, 1.54) is 0 Å². The molecule has 0 spiro atoms. The molecule has 1 N–H and O–H groups in total. The fraction of sp³-hybridized carbons (Fsp3) is 0.933. The third kappa shape index (κ3) is 8.48. The molecule has 6 nitrogen and oxygen atoms in total. The largest absolute Gasteiger partial charge is 0.462 e. The molecule has 0 saturated heterocycles. The Labute approximate surface area is 270 Å². The second-order valence-corrected chi connectivity index (χ2v) is 14.0.